The minimum Gasteiger partial charge on any atom is -0.380 e. The van der Waals surface area contributed by atoms with Gasteiger partial charge in [0.2, 0.25) is 11.8 Å². The number of amides is 2. The first-order valence-corrected chi connectivity index (χ1v) is 9.42. The van der Waals surface area contributed by atoms with E-state index in [9.17, 15) is 9.59 Å². The highest BCUT2D eigenvalue weighted by molar-refractivity contribution is 8.01. The highest BCUT2D eigenvalue weighted by Crippen LogP contribution is 2.38. The zero-order chi connectivity index (χ0) is 18.5. The largest absolute Gasteiger partial charge is 0.380 e. The van der Waals surface area contributed by atoms with Crippen LogP contribution in [0, 0.1) is 0 Å². The van der Waals surface area contributed by atoms with E-state index >= 15 is 0 Å². The number of methoxy groups -OCH3 is 1. The topological polar surface area (TPSA) is 67.4 Å². The van der Waals surface area contributed by atoms with Crippen molar-refractivity contribution in [2.45, 2.75) is 29.7 Å². The van der Waals surface area contributed by atoms with Crippen molar-refractivity contribution in [1.29, 1.82) is 0 Å². The Labute approximate surface area is 161 Å². The van der Waals surface area contributed by atoms with Gasteiger partial charge in [-0.15, -0.1) is 11.8 Å². The van der Waals surface area contributed by atoms with Gasteiger partial charge in [0.25, 0.3) is 0 Å². The number of halogens is 1. The van der Waals surface area contributed by atoms with Crippen LogP contribution < -0.4 is 10.6 Å². The van der Waals surface area contributed by atoms with E-state index in [-0.39, 0.29) is 18.2 Å². The molecule has 0 bridgehead atoms. The molecule has 0 fully saturated rings. The van der Waals surface area contributed by atoms with Gasteiger partial charge in [-0.2, -0.15) is 0 Å². The summed E-state index contributed by atoms with van der Waals surface area (Å²) in [5.41, 5.74) is 2.73. The van der Waals surface area contributed by atoms with Crippen LogP contribution in [-0.4, -0.2) is 24.2 Å². The van der Waals surface area contributed by atoms with Crippen LogP contribution in [0.1, 0.15) is 17.5 Å². The molecular formula is C19H19ClN2O3S. The molecule has 0 saturated heterocycles. The van der Waals surface area contributed by atoms with Gasteiger partial charge < -0.3 is 15.4 Å². The molecule has 0 radical (unpaired) electrons. The van der Waals surface area contributed by atoms with E-state index in [1.165, 1.54) is 11.8 Å². The standard InChI is InChI=1S/C19H19ClN2O3S/c1-25-11-13-5-3-2-4-12(13)10-21-18(23)9-17-19(24)22-15-8-14(20)6-7-16(15)26-17/h2-8,17H,9-11H2,1H3,(H,21,23)(H,22,24). The molecule has 26 heavy (non-hydrogen) atoms. The summed E-state index contributed by atoms with van der Waals surface area (Å²) in [6.45, 7) is 0.899. The quantitative estimate of drug-likeness (QED) is 0.790. The van der Waals surface area contributed by atoms with E-state index in [1.807, 2.05) is 30.3 Å². The number of carbonyl (C=O) groups is 2. The molecule has 2 N–H and O–H groups in total. The summed E-state index contributed by atoms with van der Waals surface area (Å²) in [6.07, 6.45) is 0.116. The van der Waals surface area contributed by atoms with Gasteiger partial charge in [0, 0.05) is 30.0 Å². The number of nitrogens with one attached hydrogen (secondary N) is 2. The third-order valence-electron chi connectivity index (χ3n) is 4.03. The summed E-state index contributed by atoms with van der Waals surface area (Å²) >= 11 is 7.33. The van der Waals surface area contributed by atoms with Crippen LogP contribution in [0.2, 0.25) is 5.02 Å². The fraction of sp³-hybridized carbons (Fsp3) is 0.263. The molecule has 136 valence electrons. The number of hydrogen-bond donors (Lipinski definition) is 2. The van der Waals surface area contributed by atoms with E-state index in [0.29, 0.717) is 23.9 Å². The Morgan fingerprint density at radius 1 is 1.27 bits per heavy atom. The van der Waals surface area contributed by atoms with Gasteiger partial charge in [0.1, 0.15) is 0 Å². The predicted octanol–water partition coefficient (Wildman–Crippen LogP) is 3.61. The maximum atomic E-state index is 12.3. The minimum absolute atomic E-state index is 0.116. The number of ether oxygens (including phenoxy) is 1. The fourth-order valence-electron chi connectivity index (χ4n) is 2.72. The molecule has 1 unspecified atom stereocenters. The molecule has 5 nitrogen and oxygen atoms in total. The zero-order valence-electron chi connectivity index (χ0n) is 14.3. The van der Waals surface area contributed by atoms with Crippen molar-refractivity contribution < 1.29 is 14.3 Å². The molecular weight excluding hydrogens is 372 g/mol. The number of fused-ring (bicyclic) bond motifs is 1. The molecule has 1 heterocycles. The third kappa shape index (κ3) is 4.58. The van der Waals surface area contributed by atoms with Crippen LogP contribution in [-0.2, 0) is 27.5 Å². The average Bonchev–Trinajstić information content (AvgIpc) is 2.62. The van der Waals surface area contributed by atoms with Crippen molar-refractivity contribution in [2.75, 3.05) is 12.4 Å². The SMILES string of the molecule is COCc1ccccc1CNC(=O)CC1Sc2ccc(Cl)cc2NC1=O. The van der Waals surface area contributed by atoms with Gasteiger partial charge in [-0.25, -0.2) is 0 Å². The van der Waals surface area contributed by atoms with Crippen LogP contribution in [0.5, 0.6) is 0 Å². The Morgan fingerprint density at radius 3 is 2.81 bits per heavy atom. The second-order valence-corrected chi connectivity index (χ2v) is 7.60. The highest BCUT2D eigenvalue weighted by atomic mass is 35.5. The first-order chi connectivity index (χ1) is 12.6. The summed E-state index contributed by atoms with van der Waals surface area (Å²) < 4.78 is 5.17. The first-order valence-electron chi connectivity index (χ1n) is 8.16. The Morgan fingerprint density at radius 2 is 2.04 bits per heavy atom. The normalized spacial score (nSPS) is 15.9. The maximum absolute atomic E-state index is 12.3. The van der Waals surface area contributed by atoms with Crippen molar-refractivity contribution in [3.8, 4) is 0 Å². The zero-order valence-corrected chi connectivity index (χ0v) is 15.8. The maximum Gasteiger partial charge on any atom is 0.238 e. The number of rotatable bonds is 6. The van der Waals surface area contributed by atoms with Crippen LogP contribution >= 0.6 is 23.4 Å². The number of anilines is 1. The predicted molar refractivity (Wildman–Crippen MR) is 103 cm³/mol. The van der Waals surface area contributed by atoms with Crippen molar-refractivity contribution in [1.82, 2.24) is 5.32 Å². The molecule has 7 heteroatoms. The van der Waals surface area contributed by atoms with Crippen LogP contribution in [0.25, 0.3) is 0 Å². The van der Waals surface area contributed by atoms with Crippen molar-refractivity contribution in [2.24, 2.45) is 0 Å². The smallest absolute Gasteiger partial charge is 0.238 e. The molecule has 0 aliphatic carbocycles. The fourth-order valence-corrected chi connectivity index (χ4v) is 3.98. The van der Waals surface area contributed by atoms with Crippen LogP contribution in [0.4, 0.5) is 5.69 Å². The second kappa shape index (κ2) is 8.58. The van der Waals surface area contributed by atoms with Gasteiger partial charge in [0.05, 0.1) is 17.5 Å². The lowest BCUT2D eigenvalue weighted by Crippen LogP contribution is -2.34. The molecule has 0 spiro atoms. The molecule has 2 amide bonds. The van der Waals surface area contributed by atoms with E-state index in [0.717, 1.165) is 16.0 Å². The minimum atomic E-state index is -0.460. The van der Waals surface area contributed by atoms with E-state index in [2.05, 4.69) is 10.6 Å². The molecule has 0 aromatic heterocycles. The number of carbonyl (C=O) groups excluding carboxylic acids is 2. The van der Waals surface area contributed by atoms with Gasteiger partial charge in [-0.05, 0) is 29.3 Å². The summed E-state index contributed by atoms with van der Waals surface area (Å²) in [4.78, 5) is 25.5. The van der Waals surface area contributed by atoms with E-state index in [4.69, 9.17) is 16.3 Å². The van der Waals surface area contributed by atoms with Crippen molar-refractivity contribution in [3.63, 3.8) is 0 Å². The van der Waals surface area contributed by atoms with E-state index in [1.54, 1.807) is 19.2 Å². The van der Waals surface area contributed by atoms with E-state index < -0.39 is 5.25 Å². The van der Waals surface area contributed by atoms with Crippen LogP contribution in [0.3, 0.4) is 0 Å². The van der Waals surface area contributed by atoms with Crippen LogP contribution in [0.15, 0.2) is 47.4 Å². The summed E-state index contributed by atoms with van der Waals surface area (Å²) in [5.74, 6) is -0.345. The summed E-state index contributed by atoms with van der Waals surface area (Å²) in [5, 5.41) is 5.81. The lowest BCUT2D eigenvalue weighted by Gasteiger charge is -2.23. The second-order valence-electron chi connectivity index (χ2n) is 5.92. The third-order valence-corrected chi connectivity index (χ3v) is 5.54. The van der Waals surface area contributed by atoms with Gasteiger partial charge in [-0.1, -0.05) is 35.9 Å². The average molecular weight is 391 g/mol. The number of thioether (sulfide) groups is 1. The Hall–Kier alpha value is -2.02. The molecule has 1 aliphatic heterocycles. The monoisotopic (exact) mass is 390 g/mol. The van der Waals surface area contributed by atoms with Crippen molar-refractivity contribution in [3.05, 3.63) is 58.6 Å². The highest BCUT2D eigenvalue weighted by Gasteiger charge is 2.29. The van der Waals surface area contributed by atoms with Crippen molar-refractivity contribution >= 4 is 40.9 Å². The number of benzene rings is 2. The molecule has 0 saturated carbocycles. The lowest BCUT2D eigenvalue weighted by atomic mass is 10.1. The van der Waals surface area contributed by atoms with Gasteiger partial charge >= 0.3 is 0 Å². The number of hydrogen-bond acceptors (Lipinski definition) is 4. The molecule has 2 aromatic rings. The first kappa shape index (κ1) is 18.8. The Balaban J connectivity index is 1.59. The van der Waals surface area contributed by atoms with Gasteiger partial charge in [0.15, 0.2) is 0 Å². The molecule has 2 aromatic carbocycles. The summed E-state index contributed by atoms with van der Waals surface area (Å²) in [7, 11) is 1.64. The Bertz CT molecular complexity index is 828. The van der Waals surface area contributed by atoms with Gasteiger partial charge in [-0.3, -0.25) is 9.59 Å². The lowest BCUT2D eigenvalue weighted by molar-refractivity contribution is -0.124. The Kier molecular flexibility index (Phi) is 6.19. The molecule has 3 rings (SSSR count). The summed E-state index contributed by atoms with van der Waals surface area (Å²) in [6, 6.07) is 13.1. The molecule has 1 atom stereocenters. The molecule has 1 aliphatic rings.